The van der Waals surface area contributed by atoms with Crippen LogP contribution in [-0.4, -0.2) is 4.98 Å². The molecule has 0 N–H and O–H groups in total. The van der Waals surface area contributed by atoms with Crippen molar-refractivity contribution >= 4 is 0 Å². The molecule has 1 aliphatic rings. The first kappa shape index (κ1) is 15.2. The van der Waals surface area contributed by atoms with E-state index in [4.69, 9.17) is 4.74 Å². The summed E-state index contributed by atoms with van der Waals surface area (Å²) in [5.74, 6) is 0.441. The van der Waals surface area contributed by atoms with Gasteiger partial charge in [-0.05, 0) is 45.2 Å². The number of hydrogen-bond acceptors (Lipinski definition) is 2. The fraction of sp³-hybridized carbons (Fsp3) is 0.688. The third-order valence-corrected chi connectivity index (χ3v) is 3.79. The molecule has 102 valence electrons. The highest BCUT2D eigenvalue weighted by Gasteiger charge is 2.49. The average Bonchev–Trinajstić information content (AvgIpc) is 2.51. The molecule has 0 bridgehead atoms. The summed E-state index contributed by atoms with van der Waals surface area (Å²) in [6, 6.07) is 2.07. The van der Waals surface area contributed by atoms with Gasteiger partial charge in [0, 0.05) is 11.8 Å². The molecule has 2 nitrogen and oxygen atoms in total. The molecule has 0 spiro atoms. The Labute approximate surface area is 112 Å². The van der Waals surface area contributed by atoms with Crippen LogP contribution in [0.25, 0.3) is 0 Å². The average molecular weight is 249 g/mol. The molecule has 0 radical (unpaired) electrons. The van der Waals surface area contributed by atoms with E-state index in [1.54, 1.807) is 0 Å². The van der Waals surface area contributed by atoms with Gasteiger partial charge < -0.3 is 4.74 Å². The van der Waals surface area contributed by atoms with Gasteiger partial charge in [0.1, 0.15) is 5.60 Å². The minimum absolute atomic E-state index is 0.211. The highest BCUT2D eigenvalue weighted by molar-refractivity contribution is 5.41. The molecule has 0 amide bonds. The van der Waals surface area contributed by atoms with E-state index in [2.05, 4.69) is 52.6 Å². The van der Waals surface area contributed by atoms with E-state index in [1.807, 2.05) is 20.0 Å². The summed E-state index contributed by atoms with van der Waals surface area (Å²) in [5.41, 5.74) is 3.18. The smallest absolute Gasteiger partial charge is 0.106 e. The molecule has 0 aromatic carbocycles. The number of ether oxygens (including phenoxy) is 1. The zero-order chi connectivity index (χ0) is 14.1. The summed E-state index contributed by atoms with van der Waals surface area (Å²) >= 11 is 0. The SMILES string of the molecule is CC.Cc1ccnc2c1C(C)(C(C)C)OC2(C)C. The van der Waals surface area contributed by atoms with Crippen LogP contribution in [0.1, 0.15) is 65.3 Å². The van der Waals surface area contributed by atoms with Crippen LogP contribution in [0.5, 0.6) is 0 Å². The van der Waals surface area contributed by atoms with Crippen LogP contribution in [0.15, 0.2) is 12.3 Å². The standard InChI is InChI=1S/C14H21NO.C2H6/c1-9(2)14(6)11-10(3)7-8-15-12(11)13(4,5)16-14;1-2/h7-9H,1-6H3;1-2H3. The predicted molar refractivity (Wildman–Crippen MR) is 76.6 cm³/mol. The van der Waals surface area contributed by atoms with Crippen LogP contribution in [-0.2, 0) is 15.9 Å². The second-order valence-electron chi connectivity index (χ2n) is 5.73. The number of aromatic nitrogens is 1. The molecule has 1 aliphatic heterocycles. The normalized spacial score (nSPS) is 24.5. The van der Waals surface area contributed by atoms with Gasteiger partial charge in [-0.25, -0.2) is 0 Å². The Kier molecular flexibility index (Phi) is 4.22. The summed E-state index contributed by atoms with van der Waals surface area (Å²) in [6.07, 6.45) is 1.88. The van der Waals surface area contributed by atoms with E-state index < -0.39 is 0 Å². The van der Waals surface area contributed by atoms with Crippen LogP contribution in [0.4, 0.5) is 0 Å². The van der Waals surface area contributed by atoms with Gasteiger partial charge in [-0.2, -0.15) is 0 Å². The lowest BCUT2D eigenvalue weighted by Crippen LogP contribution is -2.31. The van der Waals surface area contributed by atoms with E-state index in [9.17, 15) is 0 Å². The molecule has 2 heteroatoms. The molecule has 2 rings (SSSR count). The lowest BCUT2D eigenvalue weighted by atomic mass is 9.83. The van der Waals surface area contributed by atoms with Gasteiger partial charge in [-0.3, -0.25) is 4.98 Å². The second-order valence-corrected chi connectivity index (χ2v) is 5.73. The van der Waals surface area contributed by atoms with Gasteiger partial charge in [0.25, 0.3) is 0 Å². The summed E-state index contributed by atoms with van der Waals surface area (Å²) in [7, 11) is 0. The molecular weight excluding hydrogens is 222 g/mol. The number of nitrogens with zero attached hydrogens (tertiary/aromatic N) is 1. The quantitative estimate of drug-likeness (QED) is 0.728. The van der Waals surface area contributed by atoms with Crippen molar-refractivity contribution in [1.82, 2.24) is 4.98 Å². The van der Waals surface area contributed by atoms with Gasteiger partial charge in [0.2, 0.25) is 0 Å². The molecule has 0 fully saturated rings. The summed E-state index contributed by atoms with van der Waals surface area (Å²) < 4.78 is 6.29. The Morgan fingerprint density at radius 1 is 1.17 bits per heavy atom. The van der Waals surface area contributed by atoms with Gasteiger partial charge in [-0.15, -0.1) is 0 Å². The number of fused-ring (bicyclic) bond motifs is 1. The van der Waals surface area contributed by atoms with Crippen LogP contribution in [0, 0.1) is 12.8 Å². The van der Waals surface area contributed by atoms with Crippen molar-refractivity contribution in [2.75, 3.05) is 0 Å². The third-order valence-electron chi connectivity index (χ3n) is 3.79. The van der Waals surface area contributed by atoms with Crippen LogP contribution < -0.4 is 0 Å². The van der Waals surface area contributed by atoms with Crippen LogP contribution in [0.2, 0.25) is 0 Å². The molecule has 0 aliphatic carbocycles. The zero-order valence-electron chi connectivity index (χ0n) is 13.1. The Bertz CT molecular complexity index is 423. The molecule has 1 aromatic rings. The van der Waals surface area contributed by atoms with E-state index in [0.717, 1.165) is 5.69 Å². The first-order valence-corrected chi connectivity index (χ1v) is 6.96. The number of rotatable bonds is 1. The van der Waals surface area contributed by atoms with Gasteiger partial charge >= 0.3 is 0 Å². The van der Waals surface area contributed by atoms with Crippen molar-refractivity contribution in [3.05, 3.63) is 29.1 Å². The Balaban J connectivity index is 0.000000771. The zero-order valence-corrected chi connectivity index (χ0v) is 13.1. The van der Waals surface area contributed by atoms with Crippen molar-refractivity contribution in [2.24, 2.45) is 5.92 Å². The maximum Gasteiger partial charge on any atom is 0.106 e. The Hall–Kier alpha value is -0.890. The van der Waals surface area contributed by atoms with Crippen LogP contribution in [0.3, 0.4) is 0 Å². The lowest BCUT2D eigenvalue weighted by Gasteiger charge is -2.32. The number of pyridine rings is 1. The molecule has 0 saturated heterocycles. The largest absolute Gasteiger partial charge is 0.358 e. The highest BCUT2D eigenvalue weighted by atomic mass is 16.5. The first-order chi connectivity index (χ1) is 8.29. The molecule has 2 heterocycles. The fourth-order valence-corrected chi connectivity index (χ4v) is 2.68. The number of aryl methyl sites for hydroxylation is 1. The summed E-state index contributed by atoms with van der Waals surface area (Å²) in [5, 5.41) is 0. The molecule has 1 aromatic heterocycles. The maximum absolute atomic E-state index is 6.29. The van der Waals surface area contributed by atoms with E-state index in [0.29, 0.717) is 5.92 Å². The summed E-state index contributed by atoms with van der Waals surface area (Å²) in [6.45, 7) is 16.9. The van der Waals surface area contributed by atoms with E-state index >= 15 is 0 Å². The lowest BCUT2D eigenvalue weighted by molar-refractivity contribution is -0.139. The number of hydrogen-bond donors (Lipinski definition) is 0. The fourth-order valence-electron chi connectivity index (χ4n) is 2.68. The van der Waals surface area contributed by atoms with Crippen molar-refractivity contribution in [3.63, 3.8) is 0 Å². The molecular formula is C16H27NO. The van der Waals surface area contributed by atoms with Crippen molar-refractivity contribution in [1.29, 1.82) is 0 Å². The minimum atomic E-state index is -0.277. The summed E-state index contributed by atoms with van der Waals surface area (Å²) in [4.78, 5) is 4.53. The van der Waals surface area contributed by atoms with E-state index in [-0.39, 0.29) is 11.2 Å². The van der Waals surface area contributed by atoms with Crippen LogP contribution >= 0.6 is 0 Å². The van der Waals surface area contributed by atoms with Crippen molar-refractivity contribution in [3.8, 4) is 0 Å². The monoisotopic (exact) mass is 249 g/mol. The molecule has 1 atom stereocenters. The van der Waals surface area contributed by atoms with E-state index in [1.165, 1.54) is 11.1 Å². The van der Waals surface area contributed by atoms with Crippen molar-refractivity contribution < 1.29 is 4.74 Å². The highest BCUT2D eigenvalue weighted by Crippen LogP contribution is 2.50. The van der Waals surface area contributed by atoms with Crippen molar-refractivity contribution in [2.45, 2.75) is 66.6 Å². The Morgan fingerprint density at radius 2 is 1.72 bits per heavy atom. The first-order valence-electron chi connectivity index (χ1n) is 6.96. The maximum atomic E-state index is 6.29. The third kappa shape index (κ3) is 2.18. The Morgan fingerprint density at radius 3 is 2.22 bits per heavy atom. The molecule has 18 heavy (non-hydrogen) atoms. The molecule has 1 unspecified atom stereocenters. The minimum Gasteiger partial charge on any atom is -0.358 e. The van der Waals surface area contributed by atoms with Gasteiger partial charge in [0.05, 0.1) is 11.3 Å². The topological polar surface area (TPSA) is 22.1 Å². The second kappa shape index (κ2) is 5.00. The molecule has 0 saturated carbocycles. The van der Waals surface area contributed by atoms with Gasteiger partial charge in [0.15, 0.2) is 0 Å². The predicted octanol–water partition coefficient (Wildman–Crippen LogP) is 4.55. The van der Waals surface area contributed by atoms with Gasteiger partial charge in [-0.1, -0.05) is 27.7 Å².